The lowest BCUT2D eigenvalue weighted by atomic mass is 10.3. The van der Waals surface area contributed by atoms with E-state index in [-0.39, 0.29) is 0 Å². The van der Waals surface area contributed by atoms with Gasteiger partial charge in [0.15, 0.2) is 5.96 Å². The molecule has 3 N–H and O–H groups in total. The summed E-state index contributed by atoms with van der Waals surface area (Å²) in [5.74, 6) is 0.435. The fraction of sp³-hybridized carbons (Fsp3) is 0.300. The van der Waals surface area contributed by atoms with E-state index in [1.807, 2.05) is 18.2 Å². The average molecular weight is 335 g/mol. The first-order valence-electron chi connectivity index (χ1n) is 4.66. The van der Waals surface area contributed by atoms with Crippen molar-refractivity contribution < 1.29 is 0 Å². The molecule has 5 heteroatoms. The summed E-state index contributed by atoms with van der Waals surface area (Å²) in [7, 11) is 0. The number of halogens is 2. The first kappa shape index (κ1) is 12.5. The highest BCUT2D eigenvalue weighted by Crippen LogP contribution is 2.30. The van der Waals surface area contributed by atoms with Gasteiger partial charge in [-0.1, -0.05) is 13.0 Å². The zero-order chi connectivity index (χ0) is 11.3. The highest BCUT2D eigenvalue weighted by Gasteiger charge is 2.04. The van der Waals surface area contributed by atoms with Gasteiger partial charge in [-0.2, -0.15) is 0 Å². The van der Waals surface area contributed by atoms with Crippen LogP contribution in [-0.4, -0.2) is 12.5 Å². The maximum atomic E-state index is 5.73. The Morgan fingerprint density at radius 2 is 2.00 bits per heavy atom. The first-order chi connectivity index (χ1) is 7.15. The molecule has 0 saturated carbocycles. The minimum Gasteiger partial charge on any atom is -0.370 e. The molecule has 3 nitrogen and oxygen atoms in total. The van der Waals surface area contributed by atoms with Gasteiger partial charge in [0.25, 0.3) is 0 Å². The van der Waals surface area contributed by atoms with Gasteiger partial charge in [0.2, 0.25) is 0 Å². The molecular weight excluding hydrogens is 322 g/mol. The van der Waals surface area contributed by atoms with E-state index in [4.69, 9.17) is 5.73 Å². The van der Waals surface area contributed by atoms with E-state index in [1.165, 1.54) is 0 Å². The van der Waals surface area contributed by atoms with Gasteiger partial charge in [-0.15, -0.1) is 0 Å². The molecule has 0 aliphatic rings. The topological polar surface area (TPSA) is 50.4 Å². The third-order valence-electron chi connectivity index (χ3n) is 1.72. The minimum absolute atomic E-state index is 0.435. The van der Waals surface area contributed by atoms with Crippen LogP contribution in [0.1, 0.15) is 13.3 Å². The van der Waals surface area contributed by atoms with Crippen molar-refractivity contribution in [2.75, 3.05) is 11.9 Å². The molecule has 1 rings (SSSR count). The molecule has 82 valence electrons. The smallest absolute Gasteiger partial charge is 0.193 e. The van der Waals surface area contributed by atoms with E-state index >= 15 is 0 Å². The zero-order valence-electron chi connectivity index (χ0n) is 8.43. The molecule has 0 heterocycles. The highest BCUT2D eigenvalue weighted by atomic mass is 79.9. The normalized spacial score (nSPS) is 11.5. The maximum absolute atomic E-state index is 5.73. The molecule has 15 heavy (non-hydrogen) atoms. The molecule has 0 radical (unpaired) electrons. The van der Waals surface area contributed by atoms with E-state index < -0.39 is 0 Å². The summed E-state index contributed by atoms with van der Waals surface area (Å²) in [6.45, 7) is 2.80. The number of nitrogens with one attached hydrogen (secondary N) is 1. The maximum Gasteiger partial charge on any atom is 0.193 e. The Kier molecular flexibility index (Phi) is 5.11. The van der Waals surface area contributed by atoms with Gasteiger partial charge < -0.3 is 11.1 Å². The second kappa shape index (κ2) is 6.12. The molecule has 0 atom stereocenters. The van der Waals surface area contributed by atoms with Gasteiger partial charge >= 0.3 is 0 Å². The van der Waals surface area contributed by atoms with Gasteiger partial charge in [0.05, 0.1) is 5.69 Å². The van der Waals surface area contributed by atoms with E-state index in [2.05, 4.69) is 49.1 Å². The first-order valence-corrected chi connectivity index (χ1v) is 6.24. The van der Waals surface area contributed by atoms with Crippen molar-refractivity contribution in [3.8, 4) is 0 Å². The number of guanidine groups is 1. The lowest BCUT2D eigenvalue weighted by molar-refractivity contribution is 0.929. The summed E-state index contributed by atoms with van der Waals surface area (Å²) in [5.41, 5.74) is 6.62. The summed E-state index contributed by atoms with van der Waals surface area (Å²) in [5, 5.41) is 3.05. The number of para-hydroxylation sites is 1. The number of hydrogen-bond donors (Lipinski definition) is 2. The molecule has 0 amide bonds. The molecule has 0 bridgehead atoms. The molecule has 1 aromatic rings. The van der Waals surface area contributed by atoms with Crippen LogP contribution < -0.4 is 11.1 Å². The standard InChI is InChI=1S/C10H13Br2N3/c1-2-6-14-10(13)15-9-7(11)4-3-5-8(9)12/h3-5H,2,6H2,1H3,(H3,13,14,15). The molecule has 0 saturated heterocycles. The predicted molar refractivity (Wildman–Crippen MR) is 72.2 cm³/mol. The van der Waals surface area contributed by atoms with Crippen LogP contribution in [0, 0.1) is 0 Å². The van der Waals surface area contributed by atoms with Crippen LogP contribution in [0.25, 0.3) is 0 Å². The number of nitrogens with zero attached hydrogens (tertiary/aromatic N) is 1. The van der Waals surface area contributed by atoms with Crippen molar-refractivity contribution in [1.29, 1.82) is 0 Å². The number of rotatable bonds is 3. The number of aliphatic imine (C=N–C) groups is 1. The van der Waals surface area contributed by atoms with E-state index in [1.54, 1.807) is 0 Å². The zero-order valence-corrected chi connectivity index (χ0v) is 11.6. The Bertz CT molecular complexity index is 343. The summed E-state index contributed by atoms with van der Waals surface area (Å²) in [6, 6.07) is 5.83. The molecular formula is C10H13Br2N3. The van der Waals surface area contributed by atoms with Gasteiger partial charge in [-0.05, 0) is 50.4 Å². The molecule has 0 spiro atoms. The summed E-state index contributed by atoms with van der Waals surface area (Å²) >= 11 is 6.88. The van der Waals surface area contributed by atoms with E-state index in [0.29, 0.717) is 5.96 Å². The number of anilines is 1. The van der Waals surface area contributed by atoms with Crippen LogP contribution in [0.3, 0.4) is 0 Å². The van der Waals surface area contributed by atoms with Crippen molar-refractivity contribution in [2.24, 2.45) is 10.7 Å². The highest BCUT2D eigenvalue weighted by molar-refractivity contribution is 9.11. The van der Waals surface area contributed by atoms with Crippen molar-refractivity contribution in [2.45, 2.75) is 13.3 Å². The van der Waals surface area contributed by atoms with Gasteiger partial charge in [-0.25, -0.2) is 0 Å². The molecule has 0 fully saturated rings. The van der Waals surface area contributed by atoms with Gasteiger partial charge in [-0.3, -0.25) is 4.99 Å². The Morgan fingerprint density at radius 3 is 2.53 bits per heavy atom. The van der Waals surface area contributed by atoms with E-state index in [9.17, 15) is 0 Å². The molecule has 0 unspecified atom stereocenters. The molecule has 0 aromatic heterocycles. The molecule has 0 aliphatic heterocycles. The van der Waals surface area contributed by atoms with Crippen LogP contribution >= 0.6 is 31.9 Å². The van der Waals surface area contributed by atoms with Gasteiger partial charge in [0, 0.05) is 15.5 Å². The third kappa shape index (κ3) is 3.83. The van der Waals surface area contributed by atoms with E-state index in [0.717, 1.165) is 27.6 Å². The lowest BCUT2D eigenvalue weighted by Gasteiger charge is -2.09. The third-order valence-corrected chi connectivity index (χ3v) is 3.04. The van der Waals surface area contributed by atoms with Crippen molar-refractivity contribution >= 4 is 43.5 Å². The van der Waals surface area contributed by atoms with Gasteiger partial charge in [0.1, 0.15) is 0 Å². The molecule has 0 aliphatic carbocycles. The lowest BCUT2D eigenvalue weighted by Crippen LogP contribution is -2.23. The summed E-state index contributed by atoms with van der Waals surface area (Å²) in [6.07, 6.45) is 0.986. The fourth-order valence-corrected chi connectivity index (χ4v) is 2.21. The fourth-order valence-electron chi connectivity index (χ4n) is 1.02. The van der Waals surface area contributed by atoms with Crippen LogP contribution in [-0.2, 0) is 0 Å². The largest absolute Gasteiger partial charge is 0.370 e. The predicted octanol–water partition coefficient (Wildman–Crippen LogP) is 3.35. The monoisotopic (exact) mass is 333 g/mol. The Hall–Kier alpha value is -0.550. The number of hydrogen-bond acceptors (Lipinski definition) is 1. The quantitative estimate of drug-likeness (QED) is 0.658. The van der Waals surface area contributed by atoms with Crippen LogP contribution in [0.4, 0.5) is 5.69 Å². The SMILES string of the molecule is CCCN=C(N)Nc1c(Br)cccc1Br. The Labute approximate surface area is 106 Å². The Morgan fingerprint density at radius 1 is 1.40 bits per heavy atom. The van der Waals surface area contributed by atoms with Crippen LogP contribution in [0.15, 0.2) is 32.1 Å². The summed E-state index contributed by atoms with van der Waals surface area (Å²) < 4.78 is 1.90. The van der Waals surface area contributed by atoms with Crippen molar-refractivity contribution in [3.05, 3.63) is 27.1 Å². The number of nitrogens with two attached hydrogens (primary N) is 1. The summed E-state index contributed by atoms with van der Waals surface area (Å²) in [4.78, 5) is 4.16. The second-order valence-electron chi connectivity index (χ2n) is 2.99. The minimum atomic E-state index is 0.435. The average Bonchev–Trinajstić information content (AvgIpc) is 2.21. The van der Waals surface area contributed by atoms with Crippen molar-refractivity contribution in [1.82, 2.24) is 0 Å². The second-order valence-corrected chi connectivity index (χ2v) is 4.70. The van der Waals surface area contributed by atoms with Crippen LogP contribution in [0.5, 0.6) is 0 Å². The molecule has 1 aromatic carbocycles. The van der Waals surface area contributed by atoms with Crippen molar-refractivity contribution in [3.63, 3.8) is 0 Å². The van der Waals surface area contributed by atoms with Crippen LogP contribution in [0.2, 0.25) is 0 Å². The number of benzene rings is 1. The Balaban J connectivity index is 2.80.